The summed E-state index contributed by atoms with van der Waals surface area (Å²) in [5.74, 6) is 0. The van der Waals surface area contributed by atoms with Crippen molar-refractivity contribution in [3.05, 3.63) is 315 Å². The average molecular weight is 993 g/mol. The number of para-hydroxylation sites is 2. The van der Waals surface area contributed by atoms with E-state index >= 15 is 0 Å². The largest absolute Gasteiger partial charge is 0.310 e. The normalized spacial score (nSPS) is 11.3. The molecule has 2 heteroatoms. The number of fused-ring (bicyclic) bond motifs is 6. The smallest absolute Gasteiger partial charge is 0.0468 e. The molecule has 0 aliphatic rings. The highest BCUT2D eigenvalue weighted by atomic mass is 15.1. The van der Waals surface area contributed by atoms with Crippen LogP contribution in [-0.4, -0.2) is 0 Å². The lowest BCUT2D eigenvalue weighted by Gasteiger charge is -2.27. The van der Waals surface area contributed by atoms with E-state index in [1.54, 1.807) is 0 Å². The van der Waals surface area contributed by atoms with Gasteiger partial charge in [-0.25, -0.2) is 0 Å². The highest BCUT2D eigenvalue weighted by Gasteiger charge is 2.23. The molecule has 14 aromatic carbocycles. The van der Waals surface area contributed by atoms with Crippen molar-refractivity contribution in [3.63, 3.8) is 0 Å². The summed E-state index contributed by atoms with van der Waals surface area (Å²) in [5.41, 5.74) is 18.6. The Morgan fingerprint density at radius 1 is 0.141 bits per heavy atom. The van der Waals surface area contributed by atoms with E-state index in [1.807, 2.05) is 0 Å². The van der Waals surface area contributed by atoms with Crippen molar-refractivity contribution < 1.29 is 0 Å². The monoisotopic (exact) mass is 992 g/mol. The van der Waals surface area contributed by atoms with Crippen molar-refractivity contribution in [2.24, 2.45) is 0 Å². The number of anilines is 6. The van der Waals surface area contributed by atoms with Crippen molar-refractivity contribution in [2.45, 2.75) is 0 Å². The second-order valence-electron chi connectivity index (χ2n) is 20.0. The van der Waals surface area contributed by atoms with E-state index < -0.39 is 0 Å². The van der Waals surface area contributed by atoms with Gasteiger partial charge in [0.25, 0.3) is 0 Å². The number of benzene rings is 14. The van der Waals surface area contributed by atoms with Gasteiger partial charge in [0.05, 0.1) is 0 Å². The molecule has 0 aromatic heterocycles. The lowest BCUT2D eigenvalue weighted by Crippen LogP contribution is -2.10. The Kier molecular flexibility index (Phi) is 11.9. The summed E-state index contributed by atoms with van der Waals surface area (Å²) < 4.78 is 0. The maximum atomic E-state index is 2.40. The Balaban J connectivity index is 0.865. The zero-order valence-corrected chi connectivity index (χ0v) is 42.9. The van der Waals surface area contributed by atoms with Crippen molar-refractivity contribution in [2.75, 3.05) is 9.80 Å². The molecule has 2 nitrogen and oxygen atoms in total. The molecule has 0 atom stereocenters. The highest BCUT2D eigenvalue weighted by molar-refractivity contribution is 6.23. The van der Waals surface area contributed by atoms with Crippen molar-refractivity contribution in [3.8, 4) is 55.6 Å². The van der Waals surface area contributed by atoms with E-state index in [1.165, 1.54) is 87.6 Å². The van der Waals surface area contributed by atoms with Gasteiger partial charge >= 0.3 is 0 Å². The molecule has 0 saturated carbocycles. The summed E-state index contributed by atoms with van der Waals surface area (Å²) in [5, 5.41) is 9.86. The summed E-state index contributed by atoms with van der Waals surface area (Å²) in [4.78, 5) is 4.77. The molecule has 0 N–H and O–H groups in total. The molecule has 14 aromatic rings. The molecule has 0 saturated heterocycles. The summed E-state index contributed by atoms with van der Waals surface area (Å²) in [6, 6.07) is 115. The van der Waals surface area contributed by atoms with Gasteiger partial charge in [-0.05, 0) is 172 Å². The van der Waals surface area contributed by atoms with Crippen LogP contribution >= 0.6 is 0 Å². The van der Waals surface area contributed by atoms with Gasteiger partial charge in [-0.1, -0.05) is 243 Å². The van der Waals surface area contributed by atoms with Gasteiger partial charge in [-0.15, -0.1) is 0 Å². The number of nitrogens with zero attached hydrogens (tertiary/aromatic N) is 2. The predicted molar refractivity (Wildman–Crippen MR) is 333 cm³/mol. The van der Waals surface area contributed by atoms with Gasteiger partial charge < -0.3 is 9.80 Å². The Morgan fingerprint density at radius 2 is 0.372 bits per heavy atom. The fraction of sp³-hybridized carbons (Fsp3) is 0. The van der Waals surface area contributed by atoms with Crippen LogP contribution in [0.15, 0.2) is 315 Å². The van der Waals surface area contributed by atoms with Crippen molar-refractivity contribution in [1.82, 2.24) is 0 Å². The van der Waals surface area contributed by atoms with Crippen LogP contribution in [0.4, 0.5) is 34.1 Å². The first-order valence-electron chi connectivity index (χ1n) is 26.8. The first-order valence-corrected chi connectivity index (χ1v) is 26.8. The van der Waals surface area contributed by atoms with E-state index in [0.717, 1.165) is 45.3 Å². The lowest BCUT2D eigenvalue weighted by atomic mass is 9.85. The Hall–Kier alpha value is -10.3. The van der Waals surface area contributed by atoms with Gasteiger partial charge in [0.15, 0.2) is 0 Å². The van der Waals surface area contributed by atoms with Crippen molar-refractivity contribution >= 4 is 77.2 Å². The lowest BCUT2D eigenvalue weighted by molar-refractivity contribution is 1.28. The maximum Gasteiger partial charge on any atom is 0.0468 e. The minimum Gasteiger partial charge on any atom is -0.310 e. The fourth-order valence-electron chi connectivity index (χ4n) is 11.9. The van der Waals surface area contributed by atoms with E-state index in [0.29, 0.717) is 0 Å². The van der Waals surface area contributed by atoms with Gasteiger partial charge in [-0.2, -0.15) is 0 Å². The van der Waals surface area contributed by atoms with Crippen LogP contribution in [0.3, 0.4) is 0 Å². The molecule has 366 valence electrons. The number of hydrogen-bond donors (Lipinski definition) is 0. The van der Waals surface area contributed by atoms with E-state index in [9.17, 15) is 0 Å². The Morgan fingerprint density at radius 3 is 0.692 bits per heavy atom. The van der Waals surface area contributed by atoms with E-state index in [4.69, 9.17) is 0 Å². The van der Waals surface area contributed by atoms with Gasteiger partial charge in [0, 0.05) is 34.1 Å². The fourth-order valence-corrected chi connectivity index (χ4v) is 11.9. The summed E-state index contributed by atoms with van der Waals surface area (Å²) >= 11 is 0. The molecule has 0 aliphatic carbocycles. The minimum absolute atomic E-state index is 1.08. The molecule has 0 heterocycles. The second-order valence-corrected chi connectivity index (χ2v) is 20.0. The average Bonchev–Trinajstić information content (AvgIpc) is 3.69. The van der Waals surface area contributed by atoms with E-state index in [-0.39, 0.29) is 0 Å². The van der Waals surface area contributed by atoms with Crippen LogP contribution in [-0.2, 0) is 0 Å². The topological polar surface area (TPSA) is 6.48 Å². The molecule has 0 aliphatic heterocycles. The zero-order chi connectivity index (χ0) is 51.8. The molecule has 0 amide bonds. The van der Waals surface area contributed by atoms with Crippen LogP contribution in [0.2, 0.25) is 0 Å². The van der Waals surface area contributed by atoms with Crippen LogP contribution in [0.25, 0.3) is 98.7 Å². The van der Waals surface area contributed by atoms with Crippen LogP contribution in [0.1, 0.15) is 0 Å². The number of rotatable bonds is 11. The highest BCUT2D eigenvalue weighted by Crippen LogP contribution is 2.49. The van der Waals surface area contributed by atoms with E-state index in [2.05, 4.69) is 325 Å². The molecule has 0 fully saturated rings. The van der Waals surface area contributed by atoms with Gasteiger partial charge in [0.2, 0.25) is 0 Å². The summed E-state index contributed by atoms with van der Waals surface area (Å²) in [6.45, 7) is 0. The molecule has 78 heavy (non-hydrogen) atoms. The Labute approximate surface area is 455 Å². The zero-order valence-electron chi connectivity index (χ0n) is 42.9. The third-order valence-electron chi connectivity index (χ3n) is 15.4. The molecule has 0 radical (unpaired) electrons. The summed E-state index contributed by atoms with van der Waals surface area (Å²) in [6.07, 6.45) is 0. The molecule has 0 spiro atoms. The summed E-state index contributed by atoms with van der Waals surface area (Å²) in [7, 11) is 0. The molecule has 0 unspecified atom stereocenters. The first kappa shape index (κ1) is 46.3. The minimum atomic E-state index is 1.08. The first-order chi connectivity index (χ1) is 38.7. The molecule has 14 rings (SSSR count). The van der Waals surface area contributed by atoms with Gasteiger partial charge in [-0.3, -0.25) is 0 Å². The van der Waals surface area contributed by atoms with Crippen LogP contribution in [0.5, 0.6) is 0 Å². The third kappa shape index (κ3) is 8.34. The number of hydrogen-bond acceptors (Lipinski definition) is 2. The van der Waals surface area contributed by atoms with Gasteiger partial charge in [0.1, 0.15) is 0 Å². The SMILES string of the molecule is c1ccc(-c2c(-c3ccccc3)c3cc(N(c4ccccc4)c4ccc(-c5ccc(N(c6ccccc6)c6ccc7c(c6)c(-c6ccccc6)c(-c6ccccc6)c6ccccc67)cc5)cc4)ccc3c3ccccc23)cc1. The molecule has 0 bridgehead atoms. The quantitative estimate of drug-likeness (QED) is 0.119. The standard InChI is InChI=1S/C76H52N2/c1-7-23-55(24-8-1)73-69-37-21-19-35-65(69)67-49-47-63(51-71(67)75(73)57-27-11-3-12-28-57)77(59-31-15-5-16-32-59)61-43-39-53(40-44-61)54-41-45-62(46-42-54)78(60-33-17-6-18-34-60)64-48-50-68-66-36-20-22-38-70(66)74(56-25-9-2-10-26-56)76(72(68)52-64)58-29-13-4-14-30-58/h1-52H. The molecular formula is C76H52N2. The van der Waals surface area contributed by atoms with Crippen molar-refractivity contribution in [1.29, 1.82) is 0 Å². The molecular weight excluding hydrogens is 941 g/mol. The van der Waals surface area contributed by atoms with Crippen LogP contribution < -0.4 is 9.80 Å². The predicted octanol–water partition coefficient (Wildman–Crippen LogP) is 21.6. The third-order valence-corrected chi connectivity index (χ3v) is 15.4. The Bertz CT molecular complexity index is 4140. The maximum absolute atomic E-state index is 2.40. The second kappa shape index (κ2) is 20.1. The van der Waals surface area contributed by atoms with Crippen LogP contribution in [0, 0.1) is 0 Å².